The van der Waals surface area contributed by atoms with Crippen LogP contribution in [0, 0.1) is 0 Å². The third-order valence-corrected chi connectivity index (χ3v) is 5.31. The average molecular weight is 421 g/mol. The van der Waals surface area contributed by atoms with Crippen molar-refractivity contribution in [3.05, 3.63) is 53.1 Å². The number of carbonyl (C=O) groups is 1. The molecule has 0 aliphatic heterocycles. The number of benzene rings is 2. The Morgan fingerprint density at radius 3 is 2.37 bits per heavy atom. The summed E-state index contributed by atoms with van der Waals surface area (Å²) in [6.45, 7) is 3.45. The molecule has 0 N–H and O–H groups in total. The van der Waals surface area contributed by atoms with Gasteiger partial charge in [-0.05, 0) is 56.3 Å². The average Bonchev–Trinajstić information content (AvgIpc) is 2.61. The zero-order valence-corrected chi connectivity index (χ0v) is 16.0. The Bertz CT molecular complexity index is 796. The molecule has 0 heterocycles. The van der Waals surface area contributed by atoms with Crippen LogP contribution in [0.5, 0.6) is 5.75 Å². The molecule has 0 amide bonds. The zero-order chi connectivity index (χ0) is 20.2. The van der Waals surface area contributed by atoms with E-state index in [0.29, 0.717) is 10.6 Å². The molecule has 146 valence electrons. The Morgan fingerprint density at radius 2 is 1.85 bits per heavy atom. The predicted octanol–water partition coefficient (Wildman–Crippen LogP) is 4.86. The molecule has 2 atom stereocenters. The van der Waals surface area contributed by atoms with Crippen molar-refractivity contribution in [3.8, 4) is 5.75 Å². The molecule has 2 rings (SSSR count). The van der Waals surface area contributed by atoms with E-state index in [4.69, 9.17) is 21.1 Å². The summed E-state index contributed by atoms with van der Waals surface area (Å²) in [5, 5.41) is -0.237. The van der Waals surface area contributed by atoms with E-state index in [-0.39, 0.29) is 16.5 Å². The molecule has 0 bridgehead atoms. The molecule has 0 saturated heterocycles. The highest BCUT2D eigenvalue weighted by molar-refractivity contribution is 7.91. The second-order valence-electron chi connectivity index (χ2n) is 5.40. The van der Waals surface area contributed by atoms with Gasteiger partial charge < -0.3 is 14.0 Å². The second-order valence-corrected chi connectivity index (χ2v) is 7.25. The molecule has 4 nitrogen and oxygen atoms in total. The summed E-state index contributed by atoms with van der Waals surface area (Å²) >= 11 is 4.10. The summed E-state index contributed by atoms with van der Waals surface area (Å²) in [4.78, 5) is 11.9. The summed E-state index contributed by atoms with van der Waals surface area (Å²) in [7, 11) is 0. The van der Waals surface area contributed by atoms with Gasteiger partial charge in [0.15, 0.2) is 15.9 Å². The first kappa shape index (κ1) is 21.4. The van der Waals surface area contributed by atoms with Crippen molar-refractivity contribution < 1.29 is 32.0 Å². The van der Waals surface area contributed by atoms with Crippen LogP contribution in [0.4, 0.5) is 13.2 Å². The Labute approximate surface area is 162 Å². The fraction of sp³-hybridized carbons (Fsp3) is 0.278. The zero-order valence-electron chi connectivity index (χ0n) is 14.4. The molecule has 0 aliphatic carbocycles. The minimum absolute atomic E-state index is 0.0678. The first-order chi connectivity index (χ1) is 12.6. The summed E-state index contributed by atoms with van der Waals surface area (Å²) in [6, 6.07) is 8.63. The van der Waals surface area contributed by atoms with Gasteiger partial charge in [-0.3, -0.25) is 0 Å². The fourth-order valence-corrected chi connectivity index (χ4v) is 3.56. The largest absolute Gasteiger partial charge is 0.606 e. The molecular formula is C18H16ClF3O4S. The number of rotatable bonds is 6. The van der Waals surface area contributed by atoms with Crippen molar-refractivity contribution in [2.45, 2.75) is 35.9 Å². The molecule has 0 saturated carbocycles. The molecule has 27 heavy (non-hydrogen) atoms. The molecule has 0 aliphatic rings. The van der Waals surface area contributed by atoms with Gasteiger partial charge in [0.25, 0.3) is 0 Å². The maximum absolute atomic E-state index is 12.7. The first-order valence-corrected chi connectivity index (χ1v) is 9.38. The van der Waals surface area contributed by atoms with Gasteiger partial charge in [0.05, 0.1) is 17.2 Å². The number of halogens is 4. The Balaban J connectivity index is 2.14. The lowest BCUT2D eigenvalue weighted by atomic mass is 10.2. The van der Waals surface area contributed by atoms with E-state index in [2.05, 4.69) is 0 Å². The van der Waals surface area contributed by atoms with Gasteiger partial charge in [0, 0.05) is 11.2 Å². The van der Waals surface area contributed by atoms with Crippen LogP contribution in [0.3, 0.4) is 0 Å². The van der Waals surface area contributed by atoms with E-state index in [1.54, 1.807) is 6.92 Å². The van der Waals surface area contributed by atoms with Gasteiger partial charge in [0.1, 0.15) is 5.75 Å². The van der Waals surface area contributed by atoms with Gasteiger partial charge >= 0.3 is 12.1 Å². The Kier molecular flexibility index (Phi) is 7.02. The van der Waals surface area contributed by atoms with E-state index in [9.17, 15) is 22.5 Å². The van der Waals surface area contributed by atoms with Gasteiger partial charge in [-0.1, -0.05) is 11.6 Å². The molecule has 0 radical (unpaired) electrons. The highest BCUT2D eigenvalue weighted by atomic mass is 35.5. The number of hydrogen-bond acceptors (Lipinski definition) is 4. The summed E-state index contributed by atoms with van der Waals surface area (Å²) in [5.74, 6) is -0.156. The van der Waals surface area contributed by atoms with Gasteiger partial charge in [-0.2, -0.15) is 13.2 Å². The van der Waals surface area contributed by atoms with Crippen LogP contribution in [0.2, 0.25) is 5.02 Å². The van der Waals surface area contributed by atoms with Crippen molar-refractivity contribution in [2.24, 2.45) is 0 Å². The van der Waals surface area contributed by atoms with E-state index < -0.39 is 35.0 Å². The Hall–Kier alpha value is -1.90. The van der Waals surface area contributed by atoms with Crippen molar-refractivity contribution in [2.75, 3.05) is 6.61 Å². The molecule has 0 spiro atoms. The van der Waals surface area contributed by atoms with Crippen molar-refractivity contribution in [3.63, 3.8) is 0 Å². The number of esters is 1. The van der Waals surface area contributed by atoms with Crippen LogP contribution >= 0.6 is 11.6 Å². The minimum Gasteiger partial charge on any atom is -0.606 e. The van der Waals surface area contributed by atoms with E-state index in [0.717, 1.165) is 18.2 Å². The number of ether oxygens (including phenoxy) is 2. The second kappa shape index (κ2) is 8.86. The molecular weight excluding hydrogens is 405 g/mol. The highest BCUT2D eigenvalue weighted by Crippen LogP contribution is 2.35. The number of alkyl halides is 3. The van der Waals surface area contributed by atoms with Gasteiger partial charge in [-0.25, -0.2) is 4.79 Å². The molecule has 2 unspecified atom stereocenters. The lowest BCUT2D eigenvalue weighted by molar-refractivity contribution is -0.150. The van der Waals surface area contributed by atoms with Crippen LogP contribution in [-0.2, 0) is 26.9 Å². The van der Waals surface area contributed by atoms with E-state index >= 15 is 0 Å². The van der Waals surface area contributed by atoms with Crippen LogP contribution in [0.15, 0.2) is 52.3 Å². The summed E-state index contributed by atoms with van der Waals surface area (Å²) < 4.78 is 60.9. The number of carbonyl (C=O) groups excluding carboxylic acids is 1. The molecule has 2 aromatic rings. The molecule has 9 heteroatoms. The normalized spacial score (nSPS) is 13.7. The Morgan fingerprint density at radius 1 is 1.22 bits per heavy atom. The summed E-state index contributed by atoms with van der Waals surface area (Å²) in [5.41, 5.74) is -0.912. The monoisotopic (exact) mass is 420 g/mol. The lowest BCUT2D eigenvalue weighted by Crippen LogP contribution is -2.26. The van der Waals surface area contributed by atoms with Crippen molar-refractivity contribution >= 4 is 28.7 Å². The fourth-order valence-electron chi connectivity index (χ4n) is 2.11. The van der Waals surface area contributed by atoms with Crippen LogP contribution < -0.4 is 4.74 Å². The molecule has 0 aromatic heterocycles. The van der Waals surface area contributed by atoms with Gasteiger partial charge in [0.2, 0.25) is 0 Å². The quantitative estimate of drug-likeness (QED) is 0.495. The SMILES string of the molecule is CCOC(=O)C(C)Oc1ccc([S+]([O-])c2ccc(C(F)(F)F)cc2Cl)cc1. The lowest BCUT2D eigenvalue weighted by Gasteiger charge is -2.15. The first-order valence-electron chi connectivity index (χ1n) is 7.85. The van der Waals surface area contributed by atoms with Crippen molar-refractivity contribution in [1.82, 2.24) is 0 Å². The predicted molar refractivity (Wildman–Crippen MR) is 94.3 cm³/mol. The maximum atomic E-state index is 12.7. The highest BCUT2D eigenvalue weighted by Gasteiger charge is 2.32. The van der Waals surface area contributed by atoms with Crippen LogP contribution in [0.25, 0.3) is 0 Å². The number of hydrogen-bond donors (Lipinski definition) is 0. The van der Waals surface area contributed by atoms with Crippen LogP contribution in [-0.4, -0.2) is 23.2 Å². The third-order valence-electron chi connectivity index (χ3n) is 3.43. The van der Waals surface area contributed by atoms with Gasteiger partial charge in [-0.15, -0.1) is 0 Å². The van der Waals surface area contributed by atoms with E-state index in [1.807, 2.05) is 0 Å². The smallest absolute Gasteiger partial charge is 0.416 e. The molecule has 2 aromatic carbocycles. The molecule has 0 fully saturated rings. The topological polar surface area (TPSA) is 58.6 Å². The maximum Gasteiger partial charge on any atom is 0.416 e. The van der Waals surface area contributed by atoms with Crippen molar-refractivity contribution in [1.29, 1.82) is 0 Å². The minimum atomic E-state index is -4.53. The standard InChI is InChI=1S/C18H16ClF3O4S/c1-3-25-17(23)11(2)26-13-5-7-14(8-6-13)27(24)16-9-4-12(10-15(16)19)18(20,21)22/h4-11H,3H2,1-2H3. The summed E-state index contributed by atoms with van der Waals surface area (Å²) in [6.07, 6.45) is -5.34. The van der Waals surface area contributed by atoms with E-state index in [1.165, 1.54) is 31.2 Å². The van der Waals surface area contributed by atoms with Crippen LogP contribution in [0.1, 0.15) is 19.4 Å². The third kappa shape index (κ3) is 5.54.